The van der Waals surface area contributed by atoms with Crippen molar-refractivity contribution in [3.8, 4) is 0 Å². The van der Waals surface area contributed by atoms with Crippen molar-refractivity contribution in [3.05, 3.63) is 29.8 Å². The van der Waals surface area contributed by atoms with Gasteiger partial charge in [-0.25, -0.2) is 4.79 Å². The molecule has 1 amide bonds. The number of carbonyl (C=O) groups excluding carboxylic acids is 1. The number of fused-ring (bicyclic) bond motifs is 1. The first-order chi connectivity index (χ1) is 10.3. The van der Waals surface area contributed by atoms with Gasteiger partial charge in [0, 0.05) is 31.2 Å². The van der Waals surface area contributed by atoms with Crippen LogP contribution in [0.1, 0.15) is 32.4 Å². The van der Waals surface area contributed by atoms with Crippen LogP contribution < -0.4 is 11.1 Å². The van der Waals surface area contributed by atoms with Gasteiger partial charge in [0.15, 0.2) is 0 Å². The van der Waals surface area contributed by atoms with Crippen molar-refractivity contribution in [1.29, 1.82) is 0 Å². The number of likely N-dealkylation sites (tertiary alicyclic amines) is 1. The lowest BCUT2D eigenvalue weighted by molar-refractivity contribution is 0.0201. The van der Waals surface area contributed by atoms with E-state index in [4.69, 9.17) is 10.5 Å². The summed E-state index contributed by atoms with van der Waals surface area (Å²) in [5.74, 6) is 0.936. The Balaban J connectivity index is 1.87. The zero-order chi connectivity index (χ0) is 15.9. The van der Waals surface area contributed by atoms with Crippen LogP contribution in [0.3, 0.4) is 0 Å². The third-order valence-electron chi connectivity index (χ3n) is 4.47. The summed E-state index contributed by atoms with van der Waals surface area (Å²) >= 11 is 0. The molecule has 0 radical (unpaired) electrons. The molecule has 5 heteroatoms. The number of hydrogen-bond acceptors (Lipinski definition) is 4. The second kappa shape index (κ2) is 5.47. The summed E-state index contributed by atoms with van der Waals surface area (Å²) in [5, 5.41) is 3.44. The van der Waals surface area contributed by atoms with E-state index in [1.54, 1.807) is 0 Å². The Morgan fingerprint density at radius 3 is 2.59 bits per heavy atom. The molecule has 3 atom stereocenters. The minimum atomic E-state index is -0.474. The normalized spacial score (nSPS) is 27.8. The van der Waals surface area contributed by atoms with Crippen LogP contribution in [0.5, 0.6) is 0 Å². The van der Waals surface area contributed by atoms with Gasteiger partial charge in [-0.15, -0.1) is 0 Å². The van der Waals surface area contributed by atoms with Crippen molar-refractivity contribution in [2.24, 2.45) is 11.8 Å². The Morgan fingerprint density at radius 1 is 1.27 bits per heavy atom. The lowest BCUT2D eigenvalue weighted by Gasteiger charge is -2.31. The van der Waals surface area contributed by atoms with Crippen molar-refractivity contribution in [1.82, 2.24) is 10.2 Å². The lowest BCUT2D eigenvalue weighted by atomic mass is 9.89. The molecule has 2 heterocycles. The van der Waals surface area contributed by atoms with Crippen molar-refractivity contribution < 1.29 is 9.53 Å². The van der Waals surface area contributed by atoms with E-state index in [-0.39, 0.29) is 12.1 Å². The average molecular weight is 303 g/mol. The summed E-state index contributed by atoms with van der Waals surface area (Å²) in [5.41, 5.74) is 7.20. The maximum Gasteiger partial charge on any atom is 0.410 e. The Morgan fingerprint density at radius 2 is 1.95 bits per heavy atom. The smallest absolute Gasteiger partial charge is 0.410 e. The molecule has 0 spiro atoms. The number of carbonyl (C=O) groups is 1. The molecule has 3 unspecified atom stereocenters. The van der Waals surface area contributed by atoms with Gasteiger partial charge in [0.1, 0.15) is 5.60 Å². The summed E-state index contributed by atoms with van der Waals surface area (Å²) < 4.78 is 5.60. The molecule has 0 aromatic heterocycles. The Kier molecular flexibility index (Phi) is 3.77. The fourth-order valence-corrected chi connectivity index (χ4v) is 3.55. The third kappa shape index (κ3) is 2.90. The first kappa shape index (κ1) is 15.2. The van der Waals surface area contributed by atoms with Crippen molar-refractivity contribution in [2.45, 2.75) is 32.4 Å². The van der Waals surface area contributed by atoms with Crippen LogP contribution in [0.25, 0.3) is 0 Å². The molecule has 2 aliphatic heterocycles. The Bertz CT molecular complexity index is 550. The van der Waals surface area contributed by atoms with E-state index < -0.39 is 5.60 Å². The molecule has 3 N–H and O–H groups in total. The van der Waals surface area contributed by atoms with Crippen molar-refractivity contribution >= 4 is 11.8 Å². The third-order valence-corrected chi connectivity index (χ3v) is 4.47. The van der Waals surface area contributed by atoms with Crippen LogP contribution in [0.15, 0.2) is 24.3 Å². The zero-order valence-electron chi connectivity index (χ0n) is 13.5. The molecule has 1 aromatic rings. The molecule has 5 nitrogen and oxygen atoms in total. The predicted octanol–water partition coefficient (Wildman–Crippen LogP) is 2.40. The average Bonchev–Trinajstić information content (AvgIpc) is 2.98. The highest BCUT2D eigenvalue weighted by molar-refractivity contribution is 5.69. The monoisotopic (exact) mass is 303 g/mol. The number of amides is 1. The molecule has 2 saturated heterocycles. The molecule has 2 fully saturated rings. The van der Waals surface area contributed by atoms with E-state index in [1.165, 1.54) is 0 Å². The topological polar surface area (TPSA) is 67.6 Å². The molecule has 1 aromatic carbocycles. The summed E-state index contributed by atoms with van der Waals surface area (Å²) in [6.45, 7) is 8.38. The van der Waals surface area contributed by atoms with Gasteiger partial charge in [-0.3, -0.25) is 0 Å². The highest BCUT2D eigenvalue weighted by Gasteiger charge is 2.47. The molecular weight excluding hydrogens is 278 g/mol. The Hall–Kier alpha value is -1.75. The zero-order valence-corrected chi connectivity index (χ0v) is 13.5. The molecule has 0 aliphatic carbocycles. The summed E-state index contributed by atoms with van der Waals surface area (Å²) in [4.78, 5) is 14.5. The molecule has 3 rings (SSSR count). The predicted molar refractivity (Wildman–Crippen MR) is 86.4 cm³/mol. The number of nitrogens with one attached hydrogen (secondary N) is 1. The molecule has 120 valence electrons. The summed E-state index contributed by atoms with van der Waals surface area (Å²) in [6.07, 6.45) is -0.219. The minimum Gasteiger partial charge on any atom is -0.444 e. The SMILES string of the molecule is CC(C)(C)OC(=O)N1CC2CNCC2C1c1ccc(N)cc1. The first-order valence-corrected chi connectivity index (χ1v) is 7.91. The fraction of sp³-hybridized carbons (Fsp3) is 0.588. The van der Waals surface area contributed by atoms with Crippen LogP contribution in [-0.2, 0) is 4.74 Å². The number of rotatable bonds is 1. The minimum absolute atomic E-state index is 0.0652. The van der Waals surface area contributed by atoms with Gasteiger partial charge >= 0.3 is 6.09 Å². The summed E-state index contributed by atoms with van der Waals surface area (Å²) in [7, 11) is 0. The fourth-order valence-electron chi connectivity index (χ4n) is 3.55. The van der Waals surface area contributed by atoms with Crippen LogP contribution in [-0.4, -0.2) is 36.2 Å². The number of nitrogens with zero attached hydrogens (tertiary/aromatic N) is 1. The van der Waals surface area contributed by atoms with Gasteiger partial charge in [-0.1, -0.05) is 12.1 Å². The second-order valence-corrected chi connectivity index (χ2v) is 7.33. The highest BCUT2D eigenvalue weighted by atomic mass is 16.6. The van der Waals surface area contributed by atoms with Crippen molar-refractivity contribution in [2.75, 3.05) is 25.4 Å². The molecule has 0 bridgehead atoms. The largest absolute Gasteiger partial charge is 0.444 e. The molecule has 22 heavy (non-hydrogen) atoms. The quantitative estimate of drug-likeness (QED) is 0.782. The van der Waals surface area contributed by atoms with Crippen LogP contribution in [0, 0.1) is 11.8 Å². The van der Waals surface area contributed by atoms with E-state index in [9.17, 15) is 4.79 Å². The van der Waals surface area contributed by atoms with Gasteiger partial charge in [0.25, 0.3) is 0 Å². The van der Waals surface area contributed by atoms with Gasteiger partial charge < -0.3 is 20.7 Å². The lowest BCUT2D eigenvalue weighted by Crippen LogP contribution is -2.38. The maximum atomic E-state index is 12.6. The number of nitrogen functional groups attached to an aromatic ring is 1. The van der Waals surface area contributed by atoms with E-state index in [0.29, 0.717) is 11.8 Å². The van der Waals surface area contributed by atoms with Gasteiger partial charge in [0.05, 0.1) is 6.04 Å². The van der Waals surface area contributed by atoms with E-state index in [1.807, 2.05) is 49.9 Å². The first-order valence-electron chi connectivity index (χ1n) is 7.91. The number of hydrogen-bond donors (Lipinski definition) is 2. The van der Waals surface area contributed by atoms with E-state index >= 15 is 0 Å². The van der Waals surface area contributed by atoms with Crippen LogP contribution in [0.4, 0.5) is 10.5 Å². The molecule has 2 aliphatic rings. The van der Waals surface area contributed by atoms with E-state index in [2.05, 4.69) is 5.32 Å². The Labute approximate surface area is 131 Å². The number of ether oxygens (including phenoxy) is 1. The van der Waals surface area contributed by atoms with Crippen molar-refractivity contribution in [3.63, 3.8) is 0 Å². The second-order valence-electron chi connectivity index (χ2n) is 7.33. The number of nitrogens with two attached hydrogens (primary N) is 1. The highest BCUT2D eigenvalue weighted by Crippen LogP contribution is 2.43. The van der Waals surface area contributed by atoms with E-state index in [0.717, 1.165) is 30.9 Å². The molecule has 0 saturated carbocycles. The van der Waals surface area contributed by atoms with Gasteiger partial charge in [-0.2, -0.15) is 0 Å². The summed E-state index contributed by atoms with van der Waals surface area (Å²) in [6, 6.07) is 7.92. The van der Waals surface area contributed by atoms with Crippen LogP contribution in [0.2, 0.25) is 0 Å². The van der Waals surface area contributed by atoms with Gasteiger partial charge in [0.2, 0.25) is 0 Å². The number of anilines is 1. The number of benzene rings is 1. The maximum absolute atomic E-state index is 12.6. The van der Waals surface area contributed by atoms with Crippen LogP contribution >= 0.6 is 0 Å². The standard InChI is InChI=1S/C17H25N3O2/c1-17(2,3)22-16(21)20-10-12-8-19-9-14(12)15(20)11-4-6-13(18)7-5-11/h4-7,12,14-15,19H,8-10,18H2,1-3H3. The van der Waals surface area contributed by atoms with Gasteiger partial charge in [-0.05, 0) is 44.4 Å². The molecular formula is C17H25N3O2.